The predicted molar refractivity (Wildman–Crippen MR) is 82.3 cm³/mol. The molecule has 1 aliphatic carbocycles. The average molecular weight is 296 g/mol. The second-order valence-corrected chi connectivity index (χ2v) is 7.36. The third kappa shape index (κ3) is 3.52. The van der Waals surface area contributed by atoms with Crippen LogP contribution in [0.15, 0.2) is 29.2 Å². The highest BCUT2D eigenvalue weighted by atomic mass is 32.2. The van der Waals surface area contributed by atoms with E-state index in [2.05, 4.69) is 17.0 Å². The molecule has 0 amide bonds. The van der Waals surface area contributed by atoms with Crippen LogP contribution in [0.5, 0.6) is 0 Å². The molecule has 112 valence electrons. The molecule has 20 heavy (non-hydrogen) atoms. The minimum absolute atomic E-state index is 0.325. The summed E-state index contributed by atoms with van der Waals surface area (Å²) in [6.07, 6.45) is 4.81. The highest BCUT2D eigenvalue weighted by molar-refractivity contribution is 7.89. The van der Waals surface area contributed by atoms with Gasteiger partial charge in [0.05, 0.1) is 5.69 Å². The number of para-hydroxylation sites is 1. The van der Waals surface area contributed by atoms with Crippen molar-refractivity contribution in [3.05, 3.63) is 24.3 Å². The van der Waals surface area contributed by atoms with E-state index in [1.807, 2.05) is 6.07 Å². The first-order chi connectivity index (χ1) is 9.54. The van der Waals surface area contributed by atoms with E-state index in [1.165, 1.54) is 19.3 Å². The molecule has 0 radical (unpaired) electrons. The van der Waals surface area contributed by atoms with Crippen LogP contribution in [0.2, 0.25) is 0 Å². The Hall–Kier alpha value is -1.07. The summed E-state index contributed by atoms with van der Waals surface area (Å²) in [6.45, 7) is 2.77. The van der Waals surface area contributed by atoms with Crippen LogP contribution in [0, 0.1) is 11.8 Å². The van der Waals surface area contributed by atoms with Crippen molar-refractivity contribution in [1.29, 1.82) is 0 Å². The van der Waals surface area contributed by atoms with Crippen molar-refractivity contribution in [3.63, 3.8) is 0 Å². The Morgan fingerprint density at radius 2 is 1.90 bits per heavy atom. The molecule has 0 saturated heterocycles. The maximum absolute atomic E-state index is 12.4. The van der Waals surface area contributed by atoms with Gasteiger partial charge < -0.3 is 5.32 Å². The van der Waals surface area contributed by atoms with E-state index in [9.17, 15) is 8.42 Å². The Balaban J connectivity index is 2.07. The summed E-state index contributed by atoms with van der Waals surface area (Å²) >= 11 is 0. The minimum atomic E-state index is -3.44. The smallest absolute Gasteiger partial charge is 0.242 e. The molecular weight excluding hydrogens is 272 g/mol. The topological polar surface area (TPSA) is 58.2 Å². The average Bonchev–Trinajstić information content (AvgIpc) is 2.46. The van der Waals surface area contributed by atoms with E-state index in [1.54, 1.807) is 25.2 Å². The van der Waals surface area contributed by atoms with E-state index in [-0.39, 0.29) is 0 Å². The fraction of sp³-hybridized carbons (Fsp3) is 0.600. The number of hydrogen-bond donors (Lipinski definition) is 2. The second kappa shape index (κ2) is 6.59. The fourth-order valence-corrected chi connectivity index (χ4v) is 4.20. The molecule has 1 saturated carbocycles. The molecule has 0 aliphatic heterocycles. The lowest BCUT2D eigenvalue weighted by Crippen LogP contribution is -2.33. The zero-order chi connectivity index (χ0) is 14.6. The van der Waals surface area contributed by atoms with E-state index >= 15 is 0 Å². The first-order valence-corrected chi connectivity index (χ1v) is 8.79. The number of hydrogen-bond acceptors (Lipinski definition) is 3. The summed E-state index contributed by atoms with van der Waals surface area (Å²) in [6, 6.07) is 6.99. The van der Waals surface area contributed by atoms with Crippen molar-refractivity contribution >= 4 is 15.7 Å². The molecule has 0 spiro atoms. The van der Waals surface area contributed by atoms with Crippen LogP contribution in [-0.4, -0.2) is 22.0 Å². The van der Waals surface area contributed by atoms with Crippen LogP contribution < -0.4 is 10.0 Å². The maximum Gasteiger partial charge on any atom is 0.242 e. The molecule has 1 aliphatic rings. The first kappa shape index (κ1) is 15.3. The van der Waals surface area contributed by atoms with Crippen LogP contribution >= 0.6 is 0 Å². The van der Waals surface area contributed by atoms with Gasteiger partial charge >= 0.3 is 0 Å². The molecule has 1 aromatic rings. The van der Waals surface area contributed by atoms with Gasteiger partial charge in [-0.15, -0.1) is 0 Å². The Bertz CT molecular complexity index is 543. The zero-order valence-electron chi connectivity index (χ0n) is 12.2. The molecular formula is C15H24N2O2S. The summed E-state index contributed by atoms with van der Waals surface area (Å²) in [4.78, 5) is 0.325. The van der Waals surface area contributed by atoms with E-state index in [0.29, 0.717) is 29.0 Å². The Morgan fingerprint density at radius 3 is 2.60 bits per heavy atom. The SMILES string of the molecule is CNc1ccccc1S(=O)(=O)NCC1CCCCC1C. The number of rotatable bonds is 5. The molecule has 4 nitrogen and oxygen atoms in total. The predicted octanol–water partition coefficient (Wildman–Crippen LogP) is 2.83. The van der Waals surface area contributed by atoms with Gasteiger partial charge in [-0.25, -0.2) is 13.1 Å². The number of nitrogens with one attached hydrogen (secondary N) is 2. The molecule has 1 fully saturated rings. The van der Waals surface area contributed by atoms with E-state index in [4.69, 9.17) is 0 Å². The van der Waals surface area contributed by atoms with Gasteiger partial charge in [-0.1, -0.05) is 38.3 Å². The monoisotopic (exact) mass is 296 g/mol. The lowest BCUT2D eigenvalue weighted by molar-refractivity contribution is 0.257. The van der Waals surface area contributed by atoms with Crippen LogP contribution in [-0.2, 0) is 10.0 Å². The zero-order valence-corrected chi connectivity index (χ0v) is 13.0. The van der Waals surface area contributed by atoms with Crippen molar-refractivity contribution in [3.8, 4) is 0 Å². The lowest BCUT2D eigenvalue weighted by atomic mass is 9.81. The van der Waals surface area contributed by atoms with Gasteiger partial charge in [0.1, 0.15) is 4.90 Å². The third-order valence-corrected chi connectivity index (χ3v) is 5.75. The number of benzene rings is 1. The second-order valence-electron chi connectivity index (χ2n) is 5.62. The van der Waals surface area contributed by atoms with E-state index in [0.717, 1.165) is 6.42 Å². The standard InChI is InChI=1S/C15H24N2O2S/c1-12-7-3-4-8-13(12)11-17-20(18,19)15-10-6-5-9-14(15)16-2/h5-6,9-10,12-13,16-17H,3-4,7-8,11H2,1-2H3. The van der Waals surface area contributed by atoms with Crippen LogP contribution in [0.4, 0.5) is 5.69 Å². The van der Waals surface area contributed by atoms with Gasteiger partial charge in [-0.2, -0.15) is 0 Å². The molecule has 0 heterocycles. The van der Waals surface area contributed by atoms with Gasteiger partial charge in [0.15, 0.2) is 0 Å². The van der Waals surface area contributed by atoms with Gasteiger partial charge in [0, 0.05) is 13.6 Å². The van der Waals surface area contributed by atoms with Gasteiger partial charge in [0.25, 0.3) is 0 Å². The summed E-state index contributed by atoms with van der Waals surface area (Å²) in [5, 5.41) is 2.93. The summed E-state index contributed by atoms with van der Waals surface area (Å²) in [7, 11) is -1.70. The molecule has 1 aromatic carbocycles. The van der Waals surface area contributed by atoms with Crippen LogP contribution in [0.3, 0.4) is 0 Å². The number of anilines is 1. The van der Waals surface area contributed by atoms with Gasteiger partial charge in [-0.05, 0) is 30.4 Å². The normalized spacial score (nSPS) is 23.5. The van der Waals surface area contributed by atoms with E-state index < -0.39 is 10.0 Å². The maximum atomic E-state index is 12.4. The minimum Gasteiger partial charge on any atom is -0.387 e. The largest absolute Gasteiger partial charge is 0.387 e. The van der Waals surface area contributed by atoms with Crippen molar-refractivity contribution in [2.75, 3.05) is 18.9 Å². The summed E-state index contributed by atoms with van der Waals surface area (Å²) in [5.41, 5.74) is 0.636. The molecule has 5 heteroatoms. The summed E-state index contributed by atoms with van der Waals surface area (Å²) < 4.78 is 27.6. The molecule has 2 rings (SSSR count). The molecule has 2 unspecified atom stereocenters. The first-order valence-electron chi connectivity index (χ1n) is 7.31. The Morgan fingerprint density at radius 1 is 1.20 bits per heavy atom. The molecule has 0 bridgehead atoms. The van der Waals surface area contributed by atoms with Crippen molar-refractivity contribution in [1.82, 2.24) is 4.72 Å². The quantitative estimate of drug-likeness (QED) is 0.878. The lowest BCUT2D eigenvalue weighted by Gasteiger charge is -2.28. The molecule has 0 aromatic heterocycles. The van der Waals surface area contributed by atoms with Crippen molar-refractivity contribution in [2.24, 2.45) is 11.8 Å². The molecule has 2 atom stereocenters. The van der Waals surface area contributed by atoms with Crippen LogP contribution in [0.1, 0.15) is 32.6 Å². The summed E-state index contributed by atoms with van der Waals surface area (Å²) in [5.74, 6) is 1.06. The highest BCUT2D eigenvalue weighted by Gasteiger charge is 2.24. The Kier molecular flexibility index (Phi) is 5.05. The van der Waals surface area contributed by atoms with Gasteiger partial charge in [-0.3, -0.25) is 0 Å². The van der Waals surface area contributed by atoms with Gasteiger partial charge in [0.2, 0.25) is 10.0 Å². The number of sulfonamides is 1. The van der Waals surface area contributed by atoms with Crippen molar-refractivity contribution < 1.29 is 8.42 Å². The van der Waals surface area contributed by atoms with Crippen LogP contribution in [0.25, 0.3) is 0 Å². The Labute approximate surface area is 122 Å². The highest BCUT2D eigenvalue weighted by Crippen LogP contribution is 2.29. The van der Waals surface area contributed by atoms with Crippen molar-refractivity contribution in [2.45, 2.75) is 37.5 Å². The fourth-order valence-electron chi connectivity index (χ4n) is 2.90. The molecule has 2 N–H and O–H groups in total. The third-order valence-electron chi connectivity index (χ3n) is 4.27.